The Morgan fingerprint density at radius 3 is 2.79 bits per heavy atom. The van der Waals surface area contributed by atoms with E-state index in [4.69, 9.17) is 4.74 Å². The molecule has 2 aromatic carbocycles. The van der Waals surface area contributed by atoms with Gasteiger partial charge in [-0.2, -0.15) is 0 Å². The largest absolute Gasteiger partial charge is 0.487 e. The highest BCUT2D eigenvalue weighted by atomic mass is 32.1. The molecule has 0 saturated heterocycles. The van der Waals surface area contributed by atoms with Gasteiger partial charge in [-0.15, -0.1) is 0 Å². The standard InChI is InChI=1S/C19H14N2O2S/c22-17(11-10-13-6-2-1-3-7-13)20-19-21-18-14-8-4-5-9-15(14)23-12-16(18)24-19/h1-11H,12H2,(H,20,21,22)/b11-10+. The Morgan fingerprint density at radius 1 is 1.12 bits per heavy atom. The average Bonchev–Trinajstić information content (AvgIpc) is 3.04. The van der Waals surface area contributed by atoms with E-state index in [0.29, 0.717) is 11.7 Å². The van der Waals surface area contributed by atoms with Crippen LogP contribution in [0.1, 0.15) is 10.4 Å². The summed E-state index contributed by atoms with van der Waals surface area (Å²) in [6.07, 6.45) is 3.29. The first-order chi connectivity index (χ1) is 11.8. The molecule has 0 atom stereocenters. The van der Waals surface area contributed by atoms with Crippen molar-refractivity contribution >= 4 is 28.5 Å². The maximum absolute atomic E-state index is 12.1. The number of carbonyl (C=O) groups excluding carboxylic acids is 1. The summed E-state index contributed by atoms with van der Waals surface area (Å²) in [7, 11) is 0. The molecule has 0 saturated carbocycles. The molecule has 0 radical (unpaired) electrons. The van der Waals surface area contributed by atoms with Crippen LogP contribution in [0.4, 0.5) is 5.13 Å². The van der Waals surface area contributed by atoms with E-state index in [1.807, 2.05) is 54.6 Å². The van der Waals surface area contributed by atoms with E-state index >= 15 is 0 Å². The summed E-state index contributed by atoms with van der Waals surface area (Å²) in [5, 5.41) is 3.41. The number of ether oxygens (including phenoxy) is 1. The number of carbonyl (C=O) groups is 1. The van der Waals surface area contributed by atoms with Crippen LogP contribution in [0.15, 0.2) is 60.7 Å². The highest BCUT2D eigenvalue weighted by Crippen LogP contribution is 2.40. The quantitative estimate of drug-likeness (QED) is 0.724. The first-order valence-corrected chi connectivity index (χ1v) is 8.37. The molecule has 4 rings (SSSR count). The normalized spacial score (nSPS) is 12.3. The predicted octanol–water partition coefficient (Wildman–Crippen LogP) is 4.35. The summed E-state index contributed by atoms with van der Waals surface area (Å²) < 4.78 is 5.72. The molecule has 3 aromatic rings. The summed E-state index contributed by atoms with van der Waals surface area (Å²) in [6.45, 7) is 0.486. The van der Waals surface area contributed by atoms with E-state index in [9.17, 15) is 4.79 Å². The second-order valence-corrected chi connectivity index (χ2v) is 6.39. The Labute approximate surface area is 143 Å². The van der Waals surface area contributed by atoms with Crippen molar-refractivity contribution in [2.75, 3.05) is 5.32 Å². The van der Waals surface area contributed by atoms with Crippen molar-refractivity contribution in [3.05, 3.63) is 71.1 Å². The molecule has 1 N–H and O–H groups in total. The van der Waals surface area contributed by atoms with Gasteiger partial charge in [0.1, 0.15) is 12.4 Å². The van der Waals surface area contributed by atoms with Crippen LogP contribution in [0, 0.1) is 0 Å². The van der Waals surface area contributed by atoms with Gasteiger partial charge < -0.3 is 4.74 Å². The van der Waals surface area contributed by atoms with Gasteiger partial charge in [-0.05, 0) is 23.8 Å². The zero-order valence-electron chi connectivity index (χ0n) is 12.7. The molecule has 0 bridgehead atoms. The molecule has 2 heterocycles. The Morgan fingerprint density at radius 2 is 1.92 bits per heavy atom. The molecule has 0 unspecified atom stereocenters. The van der Waals surface area contributed by atoms with Crippen LogP contribution in [-0.2, 0) is 11.4 Å². The zero-order chi connectivity index (χ0) is 16.4. The summed E-state index contributed by atoms with van der Waals surface area (Å²) in [5.74, 6) is 0.635. The fourth-order valence-corrected chi connectivity index (χ4v) is 3.42. The molecule has 24 heavy (non-hydrogen) atoms. The fraction of sp³-hybridized carbons (Fsp3) is 0.0526. The molecule has 1 aliphatic heterocycles. The number of nitrogens with zero attached hydrogens (tertiary/aromatic N) is 1. The van der Waals surface area contributed by atoms with Crippen LogP contribution in [0.5, 0.6) is 5.75 Å². The van der Waals surface area contributed by atoms with Crippen molar-refractivity contribution in [3.63, 3.8) is 0 Å². The monoisotopic (exact) mass is 334 g/mol. The number of hydrogen-bond donors (Lipinski definition) is 1. The molecule has 0 aliphatic carbocycles. The van der Waals surface area contributed by atoms with E-state index in [-0.39, 0.29) is 5.91 Å². The minimum Gasteiger partial charge on any atom is -0.487 e. The molecule has 1 aromatic heterocycles. The third kappa shape index (κ3) is 2.94. The van der Waals surface area contributed by atoms with E-state index in [1.54, 1.807) is 6.08 Å². The number of amides is 1. The Kier molecular flexibility index (Phi) is 3.84. The van der Waals surface area contributed by atoms with Crippen LogP contribution < -0.4 is 10.1 Å². The molecule has 118 valence electrons. The molecular weight excluding hydrogens is 320 g/mol. The molecule has 4 nitrogen and oxygen atoms in total. The number of fused-ring (bicyclic) bond motifs is 3. The van der Waals surface area contributed by atoms with Crippen LogP contribution in [0.3, 0.4) is 0 Å². The lowest BCUT2D eigenvalue weighted by molar-refractivity contribution is -0.111. The lowest BCUT2D eigenvalue weighted by atomic mass is 10.1. The summed E-state index contributed by atoms with van der Waals surface area (Å²) in [6, 6.07) is 17.5. The number of rotatable bonds is 3. The van der Waals surface area contributed by atoms with Gasteiger partial charge in [0.2, 0.25) is 5.91 Å². The van der Waals surface area contributed by atoms with Gasteiger partial charge >= 0.3 is 0 Å². The van der Waals surface area contributed by atoms with Crippen LogP contribution in [0.25, 0.3) is 17.3 Å². The van der Waals surface area contributed by atoms with E-state index in [0.717, 1.165) is 27.4 Å². The predicted molar refractivity (Wildman–Crippen MR) is 96.0 cm³/mol. The zero-order valence-corrected chi connectivity index (χ0v) is 13.5. The van der Waals surface area contributed by atoms with E-state index in [2.05, 4.69) is 10.3 Å². The van der Waals surface area contributed by atoms with Gasteiger partial charge in [-0.3, -0.25) is 10.1 Å². The third-order valence-corrected chi connectivity index (χ3v) is 4.60. The maximum Gasteiger partial charge on any atom is 0.250 e. The highest BCUT2D eigenvalue weighted by molar-refractivity contribution is 7.16. The third-order valence-electron chi connectivity index (χ3n) is 3.66. The summed E-state index contributed by atoms with van der Waals surface area (Å²) in [5.41, 5.74) is 2.84. The van der Waals surface area contributed by atoms with Gasteiger partial charge in [0, 0.05) is 11.6 Å². The summed E-state index contributed by atoms with van der Waals surface area (Å²) in [4.78, 5) is 17.7. The molecule has 0 spiro atoms. The molecule has 0 fully saturated rings. The van der Waals surface area contributed by atoms with Crippen molar-refractivity contribution in [3.8, 4) is 17.0 Å². The van der Waals surface area contributed by atoms with Crippen molar-refractivity contribution in [2.45, 2.75) is 6.61 Å². The lowest BCUT2D eigenvalue weighted by Crippen LogP contribution is -2.07. The van der Waals surface area contributed by atoms with Crippen LogP contribution in [0.2, 0.25) is 0 Å². The van der Waals surface area contributed by atoms with E-state index < -0.39 is 0 Å². The first-order valence-electron chi connectivity index (χ1n) is 7.55. The molecular formula is C19H14N2O2S. The van der Waals surface area contributed by atoms with E-state index in [1.165, 1.54) is 17.4 Å². The van der Waals surface area contributed by atoms with Crippen molar-refractivity contribution in [1.82, 2.24) is 4.98 Å². The highest BCUT2D eigenvalue weighted by Gasteiger charge is 2.21. The number of benzene rings is 2. The van der Waals surface area contributed by atoms with Crippen LogP contribution in [-0.4, -0.2) is 10.9 Å². The minimum absolute atomic E-state index is 0.195. The van der Waals surface area contributed by atoms with Gasteiger partial charge in [0.05, 0.1) is 10.6 Å². The number of anilines is 1. The maximum atomic E-state index is 12.1. The lowest BCUT2D eigenvalue weighted by Gasteiger charge is -2.15. The fourth-order valence-electron chi connectivity index (χ4n) is 2.53. The first kappa shape index (κ1) is 14.7. The van der Waals surface area contributed by atoms with Gasteiger partial charge in [-0.1, -0.05) is 53.8 Å². The SMILES string of the molecule is O=C(/C=C/c1ccccc1)Nc1nc2c(s1)COc1ccccc1-2. The van der Waals surface area contributed by atoms with Gasteiger partial charge in [0.25, 0.3) is 0 Å². The number of hydrogen-bond acceptors (Lipinski definition) is 4. The molecule has 1 aliphatic rings. The molecule has 5 heteroatoms. The van der Waals surface area contributed by atoms with Crippen molar-refractivity contribution < 1.29 is 9.53 Å². The smallest absolute Gasteiger partial charge is 0.250 e. The summed E-state index contributed by atoms with van der Waals surface area (Å²) >= 11 is 1.45. The van der Waals surface area contributed by atoms with Gasteiger partial charge in [-0.25, -0.2) is 4.98 Å². The van der Waals surface area contributed by atoms with Gasteiger partial charge in [0.15, 0.2) is 5.13 Å². The second-order valence-electron chi connectivity index (χ2n) is 5.31. The van der Waals surface area contributed by atoms with Crippen LogP contribution >= 0.6 is 11.3 Å². The number of nitrogens with one attached hydrogen (secondary N) is 1. The Bertz CT molecular complexity index is 916. The Balaban J connectivity index is 1.52. The number of para-hydroxylation sites is 1. The number of thiazole rings is 1. The second kappa shape index (κ2) is 6.29. The van der Waals surface area contributed by atoms with Crippen molar-refractivity contribution in [2.24, 2.45) is 0 Å². The Hall–Kier alpha value is -2.92. The molecule has 1 amide bonds. The van der Waals surface area contributed by atoms with Crippen molar-refractivity contribution in [1.29, 1.82) is 0 Å². The topological polar surface area (TPSA) is 51.2 Å². The average molecular weight is 334 g/mol. The number of aromatic nitrogens is 1. The minimum atomic E-state index is -0.195.